The molecule has 0 unspecified atom stereocenters. The zero-order valence-electron chi connectivity index (χ0n) is 11.0. The van der Waals surface area contributed by atoms with Crippen LogP contribution in [0, 0.1) is 19.7 Å². The fraction of sp³-hybridized carbons (Fsp3) is 0.231. The third-order valence-electron chi connectivity index (χ3n) is 2.71. The largest absolute Gasteiger partial charge is 0.332 e. The molecule has 0 bridgehead atoms. The summed E-state index contributed by atoms with van der Waals surface area (Å²) in [5, 5.41) is 10.6. The lowest BCUT2D eigenvalue weighted by molar-refractivity contribution is 0.628. The van der Waals surface area contributed by atoms with Gasteiger partial charge in [-0.3, -0.25) is 4.68 Å². The van der Waals surface area contributed by atoms with Crippen molar-refractivity contribution in [2.24, 2.45) is 7.05 Å². The van der Waals surface area contributed by atoms with Crippen molar-refractivity contribution >= 4 is 28.7 Å². The topological polar surface area (TPSA) is 41.9 Å². The molecule has 0 saturated carbocycles. The highest BCUT2D eigenvalue weighted by molar-refractivity contribution is 7.80. The van der Waals surface area contributed by atoms with E-state index in [2.05, 4.69) is 15.7 Å². The number of aryl methyl sites for hydroxylation is 3. The van der Waals surface area contributed by atoms with Crippen LogP contribution in [0.2, 0.25) is 0 Å². The molecule has 0 fully saturated rings. The molecule has 2 aromatic rings. The van der Waals surface area contributed by atoms with Gasteiger partial charge in [0.1, 0.15) is 5.82 Å². The molecular weight excluding hydrogens is 263 g/mol. The maximum Gasteiger partial charge on any atom is 0.175 e. The predicted molar refractivity (Wildman–Crippen MR) is 78.9 cm³/mol. The molecule has 4 nitrogen and oxygen atoms in total. The maximum atomic E-state index is 13.2. The zero-order chi connectivity index (χ0) is 14.0. The molecule has 1 aromatic heterocycles. The first-order valence-corrected chi connectivity index (χ1v) is 6.21. The van der Waals surface area contributed by atoms with Crippen molar-refractivity contribution in [1.29, 1.82) is 0 Å². The standard InChI is InChI=1S/C13H15FN4S/c1-8-4-5-10(14)6-11(8)15-13(19)16-12-7-18(3)17-9(12)2/h4-7H,1-3H3,(H2,15,16,19). The second-order valence-electron chi connectivity index (χ2n) is 4.34. The Kier molecular flexibility index (Phi) is 3.80. The average Bonchev–Trinajstić information content (AvgIpc) is 2.62. The summed E-state index contributed by atoms with van der Waals surface area (Å²) < 4.78 is 14.9. The van der Waals surface area contributed by atoms with Crippen molar-refractivity contribution < 1.29 is 4.39 Å². The van der Waals surface area contributed by atoms with Gasteiger partial charge in [-0.2, -0.15) is 5.10 Å². The lowest BCUT2D eigenvalue weighted by Gasteiger charge is -2.11. The Morgan fingerprint density at radius 2 is 1.95 bits per heavy atom. The van der Waals surface area contributed by atoms with E-state index >= 15 is 0 Å². The van der Waals surface area contributed by atoms with Crippen molar-refractivity contribution in [1.82, 2.24) is 9.78 Å². The third kappa shape index (κ3) is 3.29. The van der Waals surface area contributed by atoms with E-state index in [1.54, 1.807) is 10.7 Å². The van der Waals surface area contributed by atoms with Crippen LogP contribution in [0.25, 0.3) is 0 Å². The minimum atomic E-state index is -0.298. The predicted octanol–water partition coefficient (Wildman–Crippen LogP) is 2.98. The van der Waals surface area contributed by atoms with Crippen LogP contribution in [-0.4, -0.2) is 14.9 Å². The molecule has 0 spiro atoms. The summed E-state index contributed by atoms with van der Waals surface area (Å²) in [4.78, 5) is 0. The second-order valence-corrected chi connectivity index (χ2v) is 4.75. The van der Waals surface area contributed by atoms with Gasteiger partial charge in [0.25, 0.3) is 0 Å². The number of hydrogen-bond donors (Lipinski definition) is 2. The normalized spacial score (nSPS) is 10.3. The Balaban J connectivity index is 2.09. The van der Waals surface area contributed by atoms with E-state index in [1.165, 1.54) is 12.1 Å². The molecule has 2 rings (SSSR count). The van der Waals surface area contributed by atoms with Gasteiger partial charge in [0.15, 0.2) is 5.11 Å². The number of halogens is 1. The molecule has 0 aliphatic carbocycles. The van der Waals surface area contributed by atoms with Gasteiger partial charge in [-0.1, -0.05) is 6.07 Å². The number of aromatic nitrogens is 2. The minimum Gasteiger partial charge on any atom is -0.332 e. The first-order valence-electron chi connectivity index (χ1n) is 5.80. The molecule has 100 valence electrons. The number of thiocarbonyl (C=S) groups is 1. The van der Waals surface area contributed by atoms with Crippen molar-refractivity contribution in [3.8, 4) is 0 Å². The summed E-state index contributed by atoms with van der Waals surface area (Å²) in [7, 11) is 1.84. The Hall–Kier alpha value is -1.95. The van der Waals surface area contributed by atoms with E-state index in [4.69, 9.17) is 12.2 Å². The minimum absolute atomic E-state index is 0.298. The molecule has 1 aromatic carbocycles. The highest BCUT2D eigenvalue weighted by atomic mass is 32.1. The Labute approximate surface area is 116 Å². The van der Waals surface area contributed by atoms with E-state index < -0.39 is 0 Å². The number of anilines is 2. The lowest BCUT2D eigenvalue weighted by Crippen LogP contribution is -2.19. The quantitative estimate of drug-likeness (QED) is 0.829. The molecule has 19 heavy (non-hydrogen) atoms. The van der Waals surface area contributed by atoms with Gasteiger partial charge in [0.05, 0.1) is 11.4 Å². The molecule has 2 N–H and O–H groups in total. The Morgan fingerprint density at radius 1 is 1.26 bits per heavy atom. The Morgan fingerprint density at radius 3 is 2.58 bits per heavy atom. The smallest absolute Gasteiger partial charge is 0.175 e. The van der Waals surface area contributed by atoms with Crippen molar-refractivity contribution in [2.75, 3.05) is 10.6 Å². The van der Waals surface area contributed by atoms with E-state index in [9.17, 15) is 4.39 Å². The van der Waals surface area contributed by atoms with E-state index in [0.29, 0.717) is 10.8 Å². The first-order chi connectivity index (χ1) is 8.95. The number of nitrogens with zero attached hydrogens (tertiary/aromatic N) is 2. The second kappa shape index (κ2) is 5.36. The van der Waals surface area contributed by atoms with Crippen LogP contribution in [0.3, 0.4) is 0 Å². The van der Waals surface area contributed by atoms with Crippen LogP contribution in [0.1, 0.15) is 11.3 Å². The molecule has 0 atom stereocenters. The highest BCUT2D eigenvalue weighted by Gasteiger charge is 2.07. The van der Waals surface area contributed by atoms with Crippen LogP contribution < -0.4 is 10.6 Å². The van der Waals surface area contributed by atoms with Crippen LogP contribution in [0.15, 0.2) is 24.4 Å². The van der Waals surface area contributed by atoms with Gasteiger partial charge in [-0.05, 0) is 43.8 Å². The number of rotatable bonds is 2. The molecule has 0 saturated heterocycles. The van der Waals surface area contributed by atoms with Crippen molar-refractivity contribution in [3.63, 3.8) is 0 Å². The van der Waals surface area contributed by atoms with E-state index in [-0.39, 0.29) is 5.82 Å². The van der Waals surface area contributed by atoms with Gasteiger partial charge < -0.3 is 10.6 Å². The Bertz CT molecular complexity index is 621. The number of benzene rings is 1. The molecule has 0 amide bonds. The molecule has 6 heteroatoms. The molecule has 0 aliphatic rings. The summed E-state index contributed by atoms with van der Waals surface area (Å²) in [5.41, 5.74) is 3.25. The monoisotopic (exact) mass is 278 g/mol. The fourth-order valence-electron chi connectivity index (χ4n) is 1.73. The zero-order valence-corrected chi connectivity index (χ0v) is 11.8. The molecule has 0 radical (unpaired) electrons. The summed E-state index contributed by atoms with van der Waals surface area (Å²) >= 11 is 5.21. The summed E-state index contributed by atoms with van der Waals surface area (Å²) in [6, 6.07) is 4.54. The van der Waals surface area contributed by atoms with Crippen LogP contribution in [0.4, 0.5) is 15.8 Å². The van der Waals surface area contributed by atoms with Crippen molar-refractivity contribution in [2.45, 2.75) is 13.8 Å². The van der Waals surface area contributed by atoms with Crippen LogP contribution >= 0.6 is 12.2 Å². The molecule has 0 aliphatic heterocycles. The average molecular weight is 278 g/mol. The van der Waals surface area contributed by atoms with Gasteiger partial charge in [0, 0.05) is 18.9 Å². The highest BCUT2D eigenvalue weighted by Crippen LogP contribution is 2.17. The van der Waals surface area contributed by atoms with E-state index in [1.807, 2.05) is 27.1 Å². The van der Waals surface area contributed by atoms with E-state index in [0.717, 1.165) is 16.9 Å². The first kappa shape index (κ1) is 13.5. The number of nitrogens with one attached hydrogen (secondary N) is 2. The van der Waals surface area contributed by atoms with Crippen LogP contribution in [0.5, 0.6) is 0 Å². The van der Waals surface area contributed by atoms with Gasteiger partial charge in [-0.25, -0.2) is 4.39 Å². The molecule has 1 heterocycles. The van der Waals surface area contributed by atoms with Crippen molar-refractivity contribution in [3.05, 3.63) is 41.5 Å². The number of hydrogen-bond acceptors (Lipinski definition) is 2. The summed E-state index contributed by atoms with van der Waals surface area (Å²) in [5.74, 6) is -0.298. The van der Waals surface area contributed by atoms with Gasteiger partial charge >= 0.3 is 0 Å². The molecular formula is C13H15FN4S. The van der Waals surface area contributed by atoms with Gasteiger partial charge in [0.2, 0.25) is 0 Å². The fourth-order valence-corrected chi connectivity index (χ4v) is 1.95. The SMILES string of the molecule is Cc1ccc(F)cc1NC(=S)Nc1cn(C)nc1C. The third-order valence-corrected chi connectivity index (χ3v) is 2.91. The summed E-state index contributed by atoms with van der Waals surface area (Å²) in [6.07, 6.45) is 1.84. The lowest BCUT2D eigenvalue weighted by atomic mass is 10.2. The maximum absolute atomic E-state index is 13.2. The van der Waals surface area contributed by atoms with Gasteiger partial charge in [-0.15, -0.1) is 0 Å². The van der Waals surface area contributed by atoms with Crippen LogP contribution in [-0.2, 0) is 7.05 Å². The summed E-state index contributed by atoms with van der Waals surface area (Å²) in [6.45, 7) is 3.78.